The van der Waals surface area contributed by atoms with Gasteiger partial charge in [-0.1, -0.05) is 6.42 Å². The molecule has 0 amide bonds. The van der Waals surface area contributed by atoms with Crippen LogP contribution in [0.5, 0.6) is 0 Å². The molecule has 0 saturated carbocycles. The Morgan fingerprint density at radius 1 is 1.11 bits per heavy atom. The minimum Gasteiger partial charge on any atom is -0.352 e. The largest absolute Gasteiger partial charge is 0.352 e. The number of piperidine rings is 1. The molecular weight excluding hydrogens is 236 g/mol. The van der Waals surface area contributed by atoms with Gasteiger partial charge in [0, 0.05) is 30.9 Å². The highest BCUT2D eigenvalue weighted by Crippen LogP contribution is 2.25. The average molecular weight is 260 g/mol. The Hall–Kier alpha value is -1.16. The molecule has 0 aliphatic carbocycles. The van der Waals surface area contributed by atoms with Gasteiger partial charge < -0.3 is 9.80 Å². The summed E-state index contributed by atoms with van der Waals surface area (Å²) in [5.41, 5.74) is 1.06. The SMILES string of the molecule is Cc1cc(N2CCC[C@H]2CN2CCCCC2)ncn1. The molecule has 1 aromatic rings. The molecular formula is C15H24N4. The summed E-state index contributed by atoms with van der Waals surface area (Å²) in [5, 5.41) is 0. The molecule has 2 aliphatic rings. The van der Waals surface area contributed by atoms with E-state index in [0.717, 1.165) is 18.1 Å². The highest BCUT2D eigenvalue weighted by Gasteiger charge is 2.27. The summed E-state index contributed by atoms with van der Waals surface area (Å²) in [7, 11) is 0. The lowest BCUT2D eigenvalue weighted by molar-refractivity contribution is 0.216. The maximum atomic E-state index is 4.46. The van der Waals surface area contributed by atoms with E-state index in [2.05, 4.69) is 25.8 Å². The van der Waals surface area contributed by atoms with E-state index >= 15 is 0 Å². The first-order valence-electron chi connectivity index (χ1n) is 7.60. The predicted molar refractivity (Wildman–Crippen MR) is 77.4 cm³/mol. The molecule has 104 valence electrons. The van der Waals surface area contributed by atoms with Crippen molar-refractivity contribution < 1.29 is 0 Å². The lowest BCUT2D eigenvalue weighted by Gasteiger charge is -2.33. The van der Waals surface area contributed by atoms with Gasteiger partial charge in [-0.2, -0.15) is 0 Å². The van der Waals surface area contributed by atoms with Crippen LogP contribution in [0.15, 0.2) is 12.4 Å². The summed E-state index contributed by atoms with van der Waals surface area (Å²) in [5.74, 6) is 1.12. The van der Waals surface area contributed by atoms with E-state index < -0.39 is 0 Å². The van der Waals surface area contributed by atoms with Crippen LogP contribution in [0.25, 0.3) is 0 Å². The molecule has 0 N–H and O–H groups in total. The summed E-state index contributed by atoms with van der Waals surface area (Å²) in [6, 6.07) is 2.77. The molecule has 4 nitrogen and oxygen atoms in total. The van der Waals surface area contributed by atoms with Crippen molar-refractivity contribution in [3.05, 3.63) is 18.1 Å². The Kier molecular flexibility index (Phi) is 3.97. The van der Waals surface area contributed by atoms with Gasteiger partial charge in [0.05, 0.1) is 0 Å². The van der Waals surface area contributed by atoms with Crippen LogP contribution in [0.1, 0.15) is 37.8 Å². The molecule has 0 spiro atoms. The van der Waals surface area contributed by atoms with E-state index in [-0.39, 0.29) is 0 Å². The van der Waals surface area contributed by atoms with Crippen LogP contribution in [-0.2, 0) is 0 Å². The van der Waals surface area contributed by atoms with Gasteiger partial charge in [-0.05, 0) is 45.7 Å². The van der Waals surface area contributed by atoms with Crippen molar-refractivity contribution >= 4 is 5.82 Å². The Labute approximate surface area is 115 Å². The van der Waals surface area contributed by atoms with E-state index in [1.807, 2.05) is 6.92 Å². The summed E-state index contributed by atoms with van der Waals surface area (Å²) in [6.07, 6.45) is 8.46. The number of likely N-dealkylation sites (tertiary alicyclic amines) is 1. The number of anilines is 1. The number of aryl methyl sites for hydroxylation is 1. The van der Waals surface area contributed by atoms with Crippen molar-refractivity contribution in [3.8, 4) is 0 Å². The van der Waals surface area contributed by atoms with E-state index in [4.69, 9.17) is 0 Å². The van der Waals surface area contributed by atoms with Gasteiger partial charge in [0.25, 0.3) is 0 Å². The third kappa shape index (κ3) is 3.06. The summed E-state index contributed by atoms with van der Waals surface area (Å²) >= 11 is 0. The molecule has 0 bridgehead atoms. The Bertz CT molecular complexity index is 414. The molecule has 2 fully saturated rings. The van der Waals surface area contributed by atoms with Crippen molar-refractivity contribution in [2.45, 2.75) is 45.1 Å². The van der Waals surface area contributed by atoms with Crippen LogP contribution in [-0.4, -0.2) is 47.1 Å². The maximum absolute atomic E-state index is 4.46. The zero-order valence-electron chi connectivity index (χ0n) is 11.9. The first kappa shape index (κ1) is 12.9. The Balaban J connectivity index is 1.67. The Morgan fingerprint density at radius 3 is 2.74 bits per heavy atom. The van der Waals surface area contributed by atoms with Crippen LogP contribution in [0.4, 0.5) is 5.82 Å². The lowest BCUT2D eigenvalue weighted by Crippen LogP contribution is -2.42. The fourth-order valence-electron chi connectivity index (χ4n) is 3.36. The van der Waals surface area contributed by atoms with Crippen molar-refractivity contribution in [1.82, 2.24) is 14.9 Å². The second-order valence-corrected chi connectivity index (χ2v) is 5.87. The standard InChI is InChI=1S/C15H24N4/c1-13-10-15(17-12-16-13)19-9-5-6-14(19)11-18-7-3-2-4-8-18/h10,12,14H,2-9,11H2,1H3/t14-/m0/s1. The fraction of sp³-hybridized carbons (Fsp3) is 0.733. The van der Waals surface area contributed by atoms with Crippen LogP contribution in [0, 0.1) is 6.92 Å². The van der Waals surface area contributed by atoms with Crippen LogP contribution in [0.3, 0.4) is 0 Å². The van der Waals surface area contributed by atoms with Gasteiger partial charge >= 0.3 is 0 Å². The highest BCUT2D eigenvalue weighted by atomic mass is 15.3. The average Bonchev–Trinajstić information content (AvgIpc) is 2.88. The summed E-state index contributed by atoms with van der Waals surface area (Å²) < 4.78 is 0. The minimum absolute atomic E-state index is 0.646. The third-order valence-corrected chi connectivity index (χ3v) is 4.38. The smallest absolute Gasteiger partial charge is 0.132 e. The molecule has 2 aliphatic heterocycles. The molecule has 3 heterocycles. The number of nitrogens with zero attached hydrogens (tertiary/aromatic N) is 4. The van der Waals surface area contributed by atoms with Crippen molar-refractivity contribution in [1.29, 1.82) is 0 Å². The molecule has 2 saturated heterocycles. The monoisotopic (exact) mass is 260 g/mol. The molecule has 0 radical (unpaired) electrons. The fourth-order valence-corrected chi connectivity index (χ4v) is 3.36. The Morgan fingerprint density at radius 2 is 1.95 bits per heavy atom. The number of hydrogen-bond donors (Lipinski definition) is 0. The third-order valence-electron chi connectivity index (χ3n) is 4.38. The molecule has 1 aromatic heterocycles. The summed E-state index contributed by atoms with van der Waals surface area (Å²) in [6.45, 7) is 6.97. The van der Waals surface area contributed by atoms with Crippen LogP contribution < -0.4 is 4.90 Å². The first-order valence-corrected chi connectivity index (χ1v) is 7.60. The molecule has 4 heteroatoms. The topological polar surface area (TPSA) is 32.3 Å². The molecule has 0 aromatic carbocycles. The van der Waals surface area contributed by atoms with Crippen molar-refractivity contribution in [3.63, 3.8) is 0 Å². The zero-order valence-corrected chi connectivity index (χ0v) is 11.9. The number of hydrogen-bond acceptors (Lipinski definition) is 4. The highest BCUT2D eigenvalue weighted by molar-refractivity contribution is 5.41. The number of rotatable bonds is 3. The van der Waals surface area contributed by atoms with Crippen molar-refractivity contribution in [2.75, 3.05) is 31.1 Å². The van der Waals surface area contributed by atoms with Gasteiger partial charge in [-0.25, -0.2) is 9.97 Å². The lowest BCUT2D eigenvalue weighted by atomic mass is 10.1. The van der Waals surface area contributed by atoms with Gasteiger partial charge in [-0.3, -0.25) is 0 Å². The zero-order chi connectivity index (χ0) is 13.1. The maximum Gasteiger partial charge on any atom is 0.132 e. The van der Waals surface area contributed by atoms with Gasteiger partial charge in [0.15, 0.2) is 0 Å². The van der Waals surface area contributed by atoms with Gasteiger partial charge in [0.2, 0.25) is 0 Å². The molecule has 19 heavy (non-hydrogen) atoms. The van der Waals surface area contributed by atoms with E-state index in [1.54, 1.807) is 6.33 Å². The summed E-state index contributed by atoms with van der Waals surface area (Å²) in [4.78, 5) is 13.8. The van der Waals surface area contributed by atoms with Crippen LogP contribution in [0.2, 0.25) is 0 Å². The second-order valence-electron chi connectivity index (χ2n) is 5.87. The van der Waals surface area contributed by atoms with E-state index in [9.17, 15) is 0 Å². The van der Waals surface area contributed by atoms with Crippen LogP contribution >= 0.6 is 0 Å². The van der Waals surface area contributed by atoms with Crippen molar-refractivity contribution in [2.24, 2.45) is 0 Å². The molecule has 3 rings (SSSR count). The predicted octanol–water partition coefficient (Wildman–Crippen LogP) is 2.24. The molecule has 1 atom stereocenters. The normalized spacial score (nSPS) is 24.9. The number of aromatic nitrogens is 2. The quantitative estimate of drug-likeness (QED) is 0.834. The first-order chi connectivity index (χ1) is 9.33. The van der Waals surface area contributed by atoms with Gasteiger partial charge in [-0.15, -0.1) is 0 Å². The second kappa shape index (κ2) is 5.87. The van der Waals surface area contributed by atoms with E-state index in [0.29, 0.717) is 6.04 Å². The molecule has 0 unspecified atom stereocenters. The van der Waals surface area contributed by atoms with E-state index in [1.165, 1.54) is 51.7 Å². The minimum atomic E-state index is 0.646. The van der Waals surface area contributed by atoms with Gasteiger partial charge in [0.1, 0.15) is 12.1 Å².